The van der Waals surface area contributed by atoms with Crippen molar-refractivity contribution < 1.29 is 24.0 Å². The van der Waals surface area contributed by atoms with Crippen LogP contribution in [0.1, 0.15) is 33.1 Å². The first-order valence-electron chi connectivity index (χ1n) is 5.80. The molecule has 5 nitrogen and oxygen atoms in total. The Bertz CT molecular complexity index is 277. The smallest absolute Gasteiger partial charge is 0.336 e. The van der Waals surface area contributed by atoms with Gasteiger partial charge in [-0.2, -0.15) is 0 Å². The molecule has 1 fully saturated rings. The first-order valence-corrected chi connectivity index (χ1v) is 5.80. The summed E-state index contributed by atoms with van der Waals surface area (Å²) < 4.78 is 10.0. The zero-order chi connectivity index (χ0) is 12.9. The van der Waals surface area contributed by atoms with Crippen LogP contribution in [0.3, 0.4) is 0 Å². The topological polar surface area (TPSA) is 54.0 Å². The van der Waals surface area contributed by atoms with Crippen molar-refractivity contribution in [2.24, 2.45) is 0 Å². The van der Waals surface area contributed by atoms with Crippen LogP contribution in [0, 0.1) is 0 Å². The number of hydrogen-bond acceptors (Lipinski definition) is 5. The second-order valence-corrected chi connectivity index (χ2v) is 4.04. The largest absolute Gasteiger partial charge is 0.463 e. The molecule has 0 N–H and O–H groups in total. The van der Waals surface area contributed by atoms with Gasteiger partial charge in [-0.1, -0.05) is 6.58 Å². The van der Waals surface area contributed by atoms with E-state index in [1.807, 2.05) is 0 Å². The molecule has 0 aromatic heterocycles. The van der Waals surface area contributed by atoms with Gasteiger partial charge in [0.05, 0.1) is 12.2 Å². The third-order valence-electron chi connectivity index (χ3n) is 2.86. The second kappa shape index (κ2) is 6.14. The van der Waals surface area contributed by atoms with Gasteiger partial charge in [-0.15, -0.1) is 0 Å². The molecule has 1 aliphatic rings. The van der Waals surface area contributed by atoms with E-state index in [-0.39, 0.29) is 5.57 Å². The summed E-state index contributed by atoms with van der Waals surface area (Å²) in [4.78, 5) is 21.8. The van der Waals surface area contributed by atoms with E-state index in [0.717, 1.165) is 19.3 Å². The monoisotopic (exact) mass is 244 g/mol. The van der Waals surface area contributed by atoms with E-state index < -0.39 is 17.9 Å². The van der Waals surface area contributed by atoms with Crippen LogP contribution < -0.4 is 0 Å². The average molecular weight is 244 g/mol. The van der Waals surface area contributed by atoms with E-state index in [4.69, 9.17) is 19.2 Å². The van der Waals surface area contributed by atoms with Gasteiger partial charge in [-0.3, -0.25) is 0 Å². The van der Waals surface area contributed by atoms with Crippen molar-refractivity contribution in [2.45, 2.75) is 45.0 Å². The molecule has 5 heteroatoms. The van der Waals surface area contributed by atoms with E-state index in [1.54, 1.807) is 21.0 Å². The Labute approximate surface area is 102 Å². The van der Waals surface area contributed by atoms with Gasteiger partial charge in [0.15, 0.2) is 0 Å². The van der Waals surface area contributed by atoms with Crippen molar-refractivity contribution in [3.8, 4) is 0 Å². The van der Waals surface area contributed by atoms with Crippen LogP contribution in [-0.4, -0.2) is 31.6 Å². The summed E-state index contributed by atoms with van der Waals surface area (Å²) >= 11 is 0. The van der Waals surface area contributed by atoms with E-state index in [9.17, 15) is 4.79 Å². The molecule has 17 heavy (non-hydrogen) atoms. The number of hydrogen-bond donors (Lipinski definition) is 0. The molecule has 0 spiro atoms. The van der Waals surface area contributed by atoms with Crippen LogP contribution in [0.2, 0.25) is 0 Å². The van der Waals surface area contributed by atoms with Gasteiger partial charge in [-0.05, 0) is 20.3 Å². The van der Waals surface area contributed by atoms with Gasteiger partial charge in [0, 0.05) is 20.0 Å². The molecule has 1 aliphatic carbocycles. The predicted molar refractivity (Wildman–Crippen MR) is 61.0 cm³/mol. The maximum atomic E-state index is 11.4. The number of methoxy groups -OCH3 is 1. The first kappa shape index (κ1) is 14.2. The molecular weight excluding hydrogens is 224 g/mol. The van der Waals surface area contributed by atoms with Gasteiger partial charge in [0.1, 0.15) is 6.10 Å². The fourth-order valence-corrected chi connectivity index (χ4v) is 1.39. The number of ether oxygens (including phenoxy) is 2. The standard InChI is InChI=1S/C12H20O5/c1-5-15-11(13)9(2)10(3)16-17-12(14-4)7-6-8-12/h10H,2,5-8H2,1,3-4H3. The minimum Gasteiger partial charge on any atom is -0.463 e. The van der Waals surface area contributed by atoms with Crippen LogP contribution in [-0.2, 0) is 24.0 Å². The van der Waals surface area contributed by atoms with E-state index in [1.165, 1.54) is 0 Å². The lowest BCUT2D eigenvalue weighted by Crippen LogP contribution is -2.43. The fraction of sp³-hybridized carbons (Fsp3) is 0.750. The van der Waals surface area contributed by atoms with Crippen molar-refractivity contribution in [3.63, 3.8) is 0 Å². The van der Waals surface area contributed by atoms with Crippen LogP contribution >= 0.6 is 0 Å². The van der Waals surface area contributed by atoms with Crippen molar-refractivity contribution in [3.05, 3.63) is 12.2 Å². The maximum Gasteiger partial charge on any atom is 0.336 e. The number of carbonyl (C=O) groups is 1. The highest BCUT2D eigenvalue weighted by atomic mass is 17.2. The summed E-state index contributed by atoms with van der Waals surface area (Å²) in [5.74, 6) is -1.12. The van der Waals surface area contributed by atoms with Crippen LogP contribution in [0.15, 0.2) is 12.2 Å². The summed E-state index contributed by atoms with van der Waals surface area (Å²) in [6, 6.07) is 0. The molecule has 1 saturated carbocycles. The van der Waals surface area contributed by atoms with Crippen LogP contribution in [0.4, 0.5) is 0 Å². The third kappa shape index (κ3) is 3.52. The number of rotatable bonds is 7. The fourth-order valence-electron chi connectivity index (χ4n) is 1.39. The van der Waals surface area contributed by atoms with Crippen molar-refractivity contribution in [2.75, 3.05) is 13.7 Å². The zero-order valence-corrected chi connectivity index (χ0v) is 10.7. The predicted octanol–water partition coefficient (Wildman–Crippen LogP) is 1.97. The lowest BCUT2D eigenvalue weighted by atomic mass is 9.91. The van der Waals surface area contributed by atoms with Crippen LogP contribution in [0.5, 0.6) is 0 Å². The van der Waals surface area contributed by atoms with Crippen LogP contribution in [0.25, 0.3) is 0 Å². The molecule has 0 aromatic rings. The minimum atomic E-state index is -0.650. The minimum absolute atomic E-state index is 0.234. The molecular formula is C12H20O5. The molecule has 0 aromatic carbocycles. The molecule has 0 amide bonds. The molecule has 0 heterocycles. The van der Waals surface area contributed by atoms with E-state index >= 15 is 0 Å². The summed E-state index contributed by atoms with van der Waals surface area (Å²) in [6.07, 6.45) is 2.08. The van der Waals surface area contributed by atoms with Gasteiger partial charge in [0.2, 0.25) is 5.79 Å². The summed E-state index contributed by atoms with van der Waals surface area (Å²) in [5, 5.41) is 0. The molecule has 0 radical (unpaired) electrons. The zero-order valence-electron chi connectivity index (χ0n) is 10.7. The Balaban J connectivity index is 2.36. The van der Waals surface area contributed by atoms with Gasteiger partial charge >= 0.3 is 5.97 Å². The lowest BCUT2D eigenvalue weighted by molar-refractivity contribution is -0.453. The highest BCUT2D eigenvalue weighted by Crippen LogP contribution is 2.36. The van der Waals surface area contributed by atoms with Crippen molar-refractivity contribution >= 4 is 5.97 Å². The normalized spacial score (nSPS) is 19.2. The number of carbonyl (C=O) groups excluding carboxylic acids is 1. The lowest BCUT2D eigenvalue weighted by Gasteiger charge is -2.38. The summed E-state index contributed by atoms with van der Waals surface area (Å²) in [6.45, 7) is 7.36. The molecule has 0 aliphatic heterocycles. The highest BCUT2D eigenvalue weighted by molar-refractivity contribution is 5.88. The first-order chi connectivity index (χ1) is 8.04. The number of esters is 1. The molecule has 1 rings (SSSR count). The second-order valence-electron chi connectivity index (χ2n) is 4.04. The Morgan fingerprint density at radius 1 is 1.47 bits per heavy atom. The molecule has 1 unspecified atom stereocenters. The average Bonchev–Trinajstić information content (AvgIpc) is 2.27. The highest BCUT2D eigenvalue weighted by Gasteiger charge is 2.40. The Kier molecular flexibility index (Phi) is 5.11. The van der Waals surface area contributed by atoms with Gasteiger partial charge in [-0.25, -0.2) is 14.6 Å². The maximum absolute atomic E-state index is 11.4. The molecule has 0 bridgehead atoms. The molecule has 0 saturated heterocycles. The van der Waals surface area contributed by atoms with Crippen molar-refractivity contribution in [1.82, 2.24) is 0 Å². The van der Waals surface area contributed by atoms with Gasteiger partial charge in [0.25, 0.3) is 0 Å². The van der Waals surface area contributed by atoms with E-state index in [0.29, 0.717) is 6.61 Å². The van der Waals surface area contributed by atoms with Crippen molar-refractivity contribution in [1.29, 1.82) is 0 Å². The van der Waals surface area contributed by atoms with E-state index in [2.05, 4.69) is 6.58 Å². The quantitative estimate of drug-likeness (QED) is 0.225. The molecule has 98 valence electrons. The summed E-state index contributed by atoms with van der Waals surface area (Å²) in [7, 11) is 1.58. The Hall–Kier alpha value is -0.910. The molecule has 1 atom stereocenters. The van der Waals surface area contributed by atoms with Gasteiger partial charge < -0.3 is 9.47 Å². The Morgan fingerprint density at radius 2 is 2.12 bits per heavy atom. The third-order valence-corrected chi connectivity index (χ3v) is 2.86. The summed E-state index contributed by atoms with van der Waals surface area (Å²) in [5.41, 5.74) is 0.234. The Morgan fingerprint density at radius 3 is 2.53 bits per heavy atom. The SMILES string of the molecule is C=C(C(=O)OCC)C(C)OOC1(OC)CCC1.